The third-order valence-corrected chi connectivity index (χ3v) is 12.2. The van der Waals surface area contributed by atoms with Crippen molar-refractivity contribution in [1.82, 2.24) is 0 Å². The van der Waals surface area contributed by atoms with Crippen molar-refractivity contribution in [2.75, 3.05) is 47.5 Å². The SMILES string of the molecule is CC/C=C\C/C=C\C/C=C\C/C=C\C/C=C\C/C=C\C/C=C\C/C=C\C/C=C\C/C=C\CCCCC(=O)OC(COC(=O)CCCC/C=C\C/C=C\C/C=C\C/C=C\C/C=C\C/C=C\C/C=C\C/C=C\CC)COC(OCC[N+](C)(C)C)C(=O)O. The van der Waals surface area contributed by atoms with Crippen molar-refractivity contribution in [3.05, 3.63) is 219 Å². The van der Waals surface area contributed by atoms with E-state index in [9.17, 15) is 19.5 Å². The number of hydrogen-bond donors (Lipinski definition) is 1. The summed E-state index contributed by atoms with van der Waals surface area (Å²) in [4.78, 5) is 37.5. The van der Waals surface area contributed by atoms with E-state index < -0.39 is 30.3 Å². The number of quaternary nitrogens is 1. The van der Waals surface area contributed by atoms with Gasteiger partial charge in [-0.1, -0.05) is 233 Å². The van der Waals surface area contributed by atoms with Gasteiger partial charge < -0.3 is 28.5 Å². The summed E-state index contributed by atoms with van der Waals surface area (Å²) in [6, 6.07) is 0. The van der Waals surface area contributed by atoms with E-state index in [1.54, 1.807) is 0 Å². The molecule has 0 saturated heterocycles. The number of carboxylic acid groups (broad SMARTS) is 1. The van der Waals surface area contributed by atoms with Crippen LogP contribution in [0.3, 0.4) is 0 Å². The standard InChI is InChI=1S/C76H113NO8/c1-6-8-10-12-14-16-18-20-22-24-26-28-30-32-34-35-36-37-38-39-41-43-45-47-49-51-53-55-57-59-61-63-65-67-74(79)85-72(71-84-76(75(80)81)82-69-68-77(3,4)5)70-83-73(78)66-64-62-60-58-56-54-52-50-48-46-44-42-40-33-31-29-27-25-23-21-19-17-15-13-11-9-7-2/h8-11,14-17,20-23,26-29,32-34,36-37,39-41,44-47,50-53,56-59,72,76H,6-7,12-13,18-19,24-25,30-31,35,38,42-43,48-49,54-55,60-71H2,1-5H3/p+1/b10-8-,11-9-,16-14-,17-15-,22-20-,23-21-,28-26-,29-27-,34-32-,37-36-,40-33-,41-39-,46-44-,47-45-,52-50-,53-51-,58-56-,59-57-. The Kier molecular flexibility index (Phi) is 58.8. The van der Waals surface area contributed by atoms with Crippen LogP contribution in [0.2, 0.25) is 0 Å². The maximum atomic E-state index is 12.9. The lowest BCUT2D eigenvalue weighted by Gasteiger charge is -2.25. The van der Waals surface area contributed by atoms with Crippen LogP contribution in [0.25, 0.3) is 0 Å². The molecule has 0 aliphatic heterocycles. The first-order chi connectivity index (χ1) is 41.6. The van der Waals surface area contributed by atoms with Crippen LogP contribution in [-0.2, 0) is 33.3 Å². The van der Waals surface area contributed by atoms with E-state index >= 15 is 0 Å². The number of ether oxygens (including phenoxy) is 4. The van der Waals surface area contributed by atoms with E-state index in [4.69, 9.17) is 18.9 Å². The number of rotatable bonds is 55. The van der Waals surface area contributed by atoms with Crippen LogP contribution < -0.4 is 0 Å². The van der Waals surface area contributed by atoms with Crippen LogP contribution in [0, 0.1) is 0 Å². The van der Waals surface area contributed by atoms with Gasteiger partial charge in [-0.15, -0.1) is 0 Å². The van der Waals surface area contributed by atoms with Gasteiger partial charge in [0.1, 0.15) is 13.2 Å². The van der Waals surface area contributed by atoms with Crippen molar-refractivity contribution in [3.63, 3.8) is 0 Å². The molecule has 9 nitrogen and oxygen atoms in total. The molecule has 0 saturated carbocycles. The van der Waals surface area contributed by atoms with Gasteiger partial charge in [-0.25, -0.2) is 4.79 Å². The molecule has 0 aliphatic carbocycles. The summed E-state index contributed by atoms with van der Waals surface area (Å²) in [5.74, 6) is -2.16. The molecule has 1 N–H and O–H groups in total. The summed E-state index contributed by atoms with van der Waals surface area (Å²) in [6.07, 6.45) is 98.9. The van der Waals surface area contributed by atoms with Gasteiger partial charge in [0.25, 0.3) is 6.29 Å². The molecule has 85 heavy (non-hydrogen) atoms. The van der Waals surface area contributed by atoms with Crippen molar-refractivity contribution in [2.24, 2.45) is 0 Å². The fraction of sp³-hybridized carbons (Fsp3) is 0.487. The van der Waals surface area contributed by atoms with Crippen molar-refractivity contribution in [2.45, 2.75) is 193 Å². The number of carbonyl (C=O) groups excluding carboxylic acids is 2. The van der Waals surface area contributed by atoms with Gasteiger partial charge in [0, 0.05) is 12.8 Å². The summed E-state index contributed by atoms with van der Waals surface area (Å²) >= 11 is 0. The Hall–Kier alpha value is -6.39. The number of unbranched alkanes of at least 4 members (excludes halogenated alkanes) is 4. The van der Waals surface area contributed by atoms with Gasteiger partial charge >= 0.3 is 17.9 Å². The Labute approximate surface area is 517 Å². The number of esters is 2. The fourth-order valence-corrected chi connectivity index (χ4v) is 7.41. The molecule has 0 aliphatic rings. The second-order valence-electron chi connectivity index (χ2n) is 21.2. The Balaban J connectivity index is 4.45. The summed E-state index contributed by atoms with van der Waals surface area (Å²) in [5.41, 5.74) is 0. The highest BCUT2D eigenvalue weighted by atomic mass is 16.7. The third-order valence-electron chi connectivity index (χ3n) is 12.2. The van der Waals surface area contributed by atoms with Crippen LogP contribution in [0.15, 0.2) is 219 Å². The first kappa shape index (κ1) is 78.6. The van der Waals surface area contributed by atoms with Crippen LogP contribution in [0.4, 0.5) is 0 Å². The zero-order valence-electron chi connectivity index (χ0n) is 53.4. The molecule has 0 bridgehead atoms. The highest BCUT2D eigenvalue weighted by Crippen LogP contribution is 2.10. The predicted molar refractivity (Wildman–Crippen MR) is 363 cm³/mol. The predicted octanol–water partition coefficient (Wildman–Crippen LogP) is 19.8. The normalized spacial score (nSPS) is 14.2. The largest absolute Gasteiger partial charge is 0.477 e. The Bertz CT molecular complexity index is 2190. The molecule has 0 spiro atoms. The van der Waals surface area contributed by atoms with E-state index in [1.165, 1.54) is 0 Å². The molecule has 0 heterocycles. The highest BCUT2D eigenvalue weighted by molar-refractivity contribution is 5.71. The molecular weight excluding hydrogens is 1050 g/mol. The van der Waals surface area contributed by atoms with E-state index in [0.717, 1.165) is 141 Å². The smallest absolute Gasteiger partial charge is 0.361 e. The van der Waals surface area contributed by atoms with Crippen LogP contribution in [0.1, 0.15) is 181 Å². The minimum absolute atomic E-state index is 0.157. The maximum Gasteiger partial charge on any atom is 0.361 e. The minimum atomic E-state index is -1.55. The molecule has 2 unspecified atom stereocenters. The molecular formula is C76H114NO8+. The van der Waals surface area contributed by atoms with Crippen LogP contribution >= 0.6 is 0 Å². The van der Waals surface area contributed by atoms with Crippen LogP contribution in [0.5, 0.6) is 0 Å². The molecule has 0 aromatic heterocycles. The van der Waals surface area contributed by atoms with Crippen molar-refractivity contribution in [1.29, 1.82) is 0 Å². The van der Waals surface area contributed by atoms with E-state index in [2.05, 4.69) is 233 Å². The number of nitrogens with zero attached hydrogens (tertiary/aromatic N) is 1. The quantitative estimate of drug-likeness (QED) is 0.0211. The molecule has 9 heteroatoms. The monoisotopic (exact) mass is 1170 g/mol. The van der Waals surface area contributed by atoms with E-state index in [1.807, 2.05) is 21.1 Å². The number of hydrogen-bond acceptors (Lipinski definition) is 7. The molecule has 0 aromatic carbocycles. The Morgan fingerprint density at radius 3 is 0.894 bits per heavy atom. The molecule has 470 valence electrons. The zero-order valence-corrected chi connectivity index (χ0v) is 53.4. The first-order valence-corrected chi connectivity index (χ1v) is 31.9. The average Bonchev–Trinajstić information content (AvgIpc) is 3.49. The van der Waals surface area contributed by atoms with E-state index in [-0.39, 0.29) is 32.7 Å². The number of carbonyl (C=O) groups is 3. The maximum absolute atomic E-state index is 12.9. The lowest BCUT2D eigenvalue weighted by molar-refractivity contribution is -0.870. The number of carboxylic acids is 1. The molecule has 2 atom stereocenters. The summed E-state index contributed by atoms with van der Waals surface area (Å²) < 4.78 is 22.8. The van der Waals surface area contributed by atoms with Gasteiger partial charge in [-0.05, 0) is 154 Å². The topological polar surface area (TPSA) is 108 Å². The minimum Gasteiger partial charge on any atom is -0.477 e. The molecule has 0 rings (SSSR count). The van der Waals surface area contributed by atoms with Gasteiger partial charge in [-0.2, -0.15) is 0 Å². The van der Waals surface area contributed by atoms with Crippen molar-refractivity contribution >= 4 is 17.9 Å². The second kappa shape index (κ2) is 63.6. The second-order valence-corrected chi connectivity index (χ2v) is 21.2. The van der Waals surface area contributed by atoms with Crippen LogP contribution in [-0.4, -0.2) is 87.4 Å². The van der Waals surface area contributed by atoms with Gasteiger partial charge in [0.2, 0.25) is 0 Å². The Morgan fingerprint density at radius 1 is 0.353 bits per heavy atom. The summed E-state index contributed by atoms with van der Waals surface area (Å²) in [6.45, 7) is 4.50. The zero-order chi connectivity index (χ0) is 61.9. The summed E-state index contributed by atoms with van der Waals surface area (Å²) in [5, 5.41) is 9.72. The number of allylic oxidation sites excluding steroid dienone is 36. The molecule has 0 fully saturated rings. The van der Waals surface area contributed by atoms with Gasteiger partial charge in [0.05, 0.1) is 34.4 Å². The van der Waals surface area contributed by atoms with E-state index in [0.29, 0.717) is 23.9 Å². The summed E-state index contributed by atoms with van der Waals surface area (Å²) in [7, 11) is 5.92. The van der Waals surface area contributed by atoms with Crippen molar-refractivity contribution < 1.29 is 42.9 Å². The molecule has 0 radical (unpaired) electrons. The molecule has 0 aromatic rings. The van der Waals surface area contributed by atoms with Gasteiger partial charge in [0.15, 0.2) is 6.10 Å². The van der Waals surface area contributed by atoms with Crippen molar-refractivity contribution in [3.8, 4) is 0 Å². The number of likely N-dealkylation sites (N-methyl/N-ethyl adjacent to an activating group) is 1. The van der Waals surface area contributed by atoms with Gasteiger partial charge in [-0.3, -0.25) is 9.59 Å². The number of aliphatic carboxylic acids is 1. The highest BCUT2D eigenvalue weighted by Gasteiger charge is 2.25. The third kappa shape index (κ3) is 65.0. The fourth-order valence-electron chi connectivity index (χ4n) is 7.41. The first-order valence-electron chi connectivity index (χ1n) is 31.9. The average molecular weight is 1170 g/mol. The lowest BCUT2D eigenvalue weighted by atomic mass is 10.1. The Morgan fingerprint density at radius 2 is 0.624 bits per heavy atom. The lowest BCUT2D eigenvalue weighted by Crippen LogP contribution is -2.40. The molecule has 0 amide bonds.